The zero-order chi connectivity index (χ0) is 48.4. The van der Waals surface area contributed by atoms with E-state index in [1.54, 1.807) is 0 Å². The van der Waals surface area contributed by atoms with Crippen LogP contribution in [-0.4, -0.2) is 25.3 Å². The Morgan fingerprint density at radius 1 is 0.274 bits per heavy atom. The van der Waals surface area contributed by atoms with E-state index in [1.165, 1.54) is 125 Å². The topological polar surface area (TPSA) is 13.1 Å². The highest BCUT2D eigenvalue weighted by atomic mass is 28.3. The fourth-order valence-corrected chi connectivity index (χ4v) is 23.9. The van der Waals surface area contributed by atoms with Crippen molar-refractivity contribution in [3.8, 4) is 11.4 Å². The third-order valence-corrected chi connectivity index (χ3v) is 25.9. The van der Waals surface area contributed by atoms with E-state index in [-0.39, 0.29) is 0 Å². The van der Waals surface area contributed by atoms with Gasteiger partial charge in [0.15, 0.2) is 16.1 Å². The molecular weight excluding hydrogens is 915 g/mol. The summed E-state index contributed by atoms with van der Waals surface area (Å²) in [5.41, 5.74) is 13.6. The van der Waals surface area contributed by atoms with E-state index in [4.69, 9.17) is 0 Å². The van der Waals surface area contributed by atoms with Crippen molar-refractivity contribution in [3.63, 3.8) is 0 Å². The standard InChI is InChI=1S/C68H49N3Si2/c1-46-38-40-60-56(42-46)57-43-47(2)39-41-61(57)70(60)49-21-18-27-53(45-49)73(52-26-17-20-48(44-52)69-58-30-11-9-28-54(58)55-29-10-12-31-59(55)69)65-35-16-14-33-63(65)71-62-32-13-15-34-64(62)72(50-22-5-3-6-23-50,51-24-7-4-8-25-51)66-36-19-37-67(73)68(66)71/h3-45H,1-2H3. The number of anilines is 3. The van der Waals surface area contributed by atoms with Gasteiger partial charge in [0, 0.05) is 50.0 Å². The Balaban J connectivity index is 1.10. The number of aromatic nitrogens is 2. The van der Waals surface area contributed by atoms with E-state index in [0.29, 0.717) is 0 Å². The molecule has 5 heteroatoms. The molecule has 3 nitrogen and oxygen atoms in total. The van der Waals surface area contributed by atoms with E-state index >= 15 is 0 Å². The Morgan fingerprint density at radius 2 is 0.644 bits per heavy atom. The van der Waals surface area contributed by atoms with E-state index in [0.717, 1.165) is 0 Å². The maximum atomic E-state index is 2.66. The lowest BCUT2D eigenvalue weighted by Crippen LogP contribution is -2.82. The summed E-state index contributed by atoms with van der Waals surface area (Å²) in [4.78, 5) is 2.66. The van der Waals surface area contributed by atoms with Gasteiger partial charge >= 0.3 is 0 Å². The zero-order valence-corrected chi connectivity index (χ0v) is 42.7. The molecule has 4 heterocycles. The molecule has 73 heavy (non-hydrogen) atoms. The third kappa shape index (κ3) is 5.74. The van der Waals surface area contributed by atoms with Gasteiger partial charge in [-0.2, -0.15) is 0 Å². The average molecular weight is 964 g/mol. The minimum Gasteiger partial charge on any atom is -0.311 e. The van der Waals surface area contributed by atoms with E-state index in [2.05, 4.69) is 289 Å². The number of fused-ring (bicyclic) bond motifs is 10. The molecule has 0 amide bonds. The summed E-state index contributed by atoms with van der Waals surface area (Å²) in [7, 11) is -6.32. The van der Waals surface area contributed by atoms with Crippen molar-refractivity contribution in [2.45, 2.75) is 13.8 Å². The van der Waals surface area contributed by atoms with Crippen molar-refractivity contribution in [2.24, 2.45) is 0 Å². The number of nitrogens with zero attached hydrogens (tertiary/aromatic N) is 3. The van der Waals surface area contributed by atoms with Gasteiger partial charge in [-0.3, -0.25) is 0 Å². The van der Waals surface area contributed by atoms with Crippen LogP contribution in [0.5, 0.6) is 0 Å². The molecule has 13 aromatic rings. The lowest BCUT2D eigenvalue weighted by molar-refractivity contribution is 1.18. The first-order valence-electron chi connectivity index (χ1n) is 25.5. The minimum atomic E-state index is -3.34. The van der Waals surface area contributed by atoms with Crippen molar-refractivity contribution in [1.82, 2.24) is 9.13 Å². The third-order valence-electron chi connectivity index (χ3n) is 16.3. The maximum absolute atomic E-state index is 3.34. The van der Waals surface area contributed by atoms with E-state index in [9.17, 15) is 0 Å². The predicted molar refractivity (Wildman–Crippen MR) is 314 cm³/mol. The van der Waals surface area contributed by atoms with Gasteiger partial charge in [0.1, 0.15) is 0 Å². The van der Waals surface area contributed by atoms with Crippen molar-refractivity contribution in [2.75, 3.05) is 4.90 Å². The fraction of sp³-hybridized carbons (Fsp3) is 0.0294. The molecule has 2 aromatic heterocycles. The molecule has 2 aliphatic rings. The van der Waals surface area contributed by atoms with Gasteiger partial charge in [-0.1, -0.05) is 199 Å². The SMILES string of the molecule is Cc1ccc2c(c1)c1cc(C)ccc1n2-c1cccc([Si]2(c3cccc(-n4c5ccccc5c5ccccc54)c3)c3ccccc3N3c4ccccc4[Si](c4ccccc4)(c4ccccc4)c4cccc2c43)c1. The molecule has 11 aromatic carbocycles. The molecule has 0 bridgehead atoms. The first kappa shape index (κ1) is 42.0. The quantitative estimate of drug-likeness (QED) is 0.151. The fourth-order valence-electron chi connectivity index (χ4n) is 13.5. The van der Waals surface area contributed by atoms with Gasteiger partial charge in [0.05, 0.1) is 22.1 Å². The Hall–Kier alpha value is -8.75. The van der Waals surface area contributed by atoms with Crippen LogP contribution in [0.4, 0.5) is 17.1 Å². The Labute approximate surface area is 427 Å². The first-order valence-corrected chi connectivity index (χ1v) is 29.5. The average Bonchev–Trinajstić information content (AvgIpc) is 3.96. The number of hydrogen-bond donors (Lipinski definition) is 0. The second-order valence-electron chi connectivity index (χ2n) is 20.2. The summed E-state index contributed by atoms with van der Waals surface area (Å²) < 4.78 is 5.01. The number of aryl methyl sites for hydroxylation is 2. The van der Waals surface area contributed by atoms with Crippen LogP contribution in [0.1, 0.15) is 11.1 Å². The number of hydrogen-bond acceptors (Lipinski definition) is 1. The smallest absolute Gasteiger partial charge is 0.184 e. The molecular formula is C68H49N3Si2. The summed E-state index contributed by atoms with van der Waals surface area (Å²) in [6.07, 6.45) is 0. The lowest BCUT2D eigenvalue weighted by Gasteiger charge is -2.52. The minimum absolute atomic E-state index is 1.17. The summed E-state index contributed by atoms with van der Waals surface area (Å²) in [5.74, 6) is 0. The molecule has 0 fully saturated rings. The van der Waals surface area contributed by atoms with E-state index in [1.807, 2.05) is 0 Å². The molecule has 0 saturated heterocycles. The van der Waals surface area contributed by atoms with Crippen LogP contribution in [-0.2, 0) is 0 Å². The van der Waals surface area contributed by atoms with Gasteiger partial charge in [-0.15, -0.1) is 0 Å². The number of rotatable bonds is 6. The van der Waals surface area contributed by atoms with Crippen LogP contribution < -0.4 is 46.4 Å². The van der Waals surface area contributed by atoms with Crippen molar-refractivity contribution < 1.29 is 0 Å². The lowest BCUT2D eigenvalue weighted by atomic mass is 10.1. The van der Waals surface area contributed by atoms with Gasteiger partial charge in [0.25, 0.3) is 0 Å². The molecule has 0 aliphatic carbocycles. The van der Waals surface area contributed by atoms with Crippen molar-refractivity contribution in [1.29, 1.82) is 0 Å². The van der Waals surface area contributed by atoms with Crippen LogP contribution >= 0.6 is 0 Å². The predicted octanol–water partition coefficient (Wildman–Crippen LogP) is 11.3. The molecule has 1 unspecified atom stereocenters. The molecule has 0 spiro atoms. The molecule has 344 valence electrons. The Morgan fingerprint density at radius 3 is 1.14 bits per heavy atom. The monoisotopic (exact) mass is 963 g/mol. The summed E-state index contributed by atoms with van der Waals surface area (Å²) in [6, 6.07) is 100. The first-order chi connectivity index (χ1) is 36.0. The number of benzene rings is 11. The van der Waals surface area contributed by atoms with Crippen LogP contribution in [0.15, 0.2) is 261 Å². The van der Waals surface area contributed by atoms with E-state index < -0.39 is 16.1 Å². The zero-order valence-electron chi connectivity index (χ0n) is 40.7. The summed E-state index contributed by atoms with van der Waals surface area (Å²) in [5, 5.41) is 16.2. The van der Waals surface area contributed by atoms with Crippen LogP contribution in [0.2, 0.25) is 0 Å². The summed E-state index contributed by atoms with van der Waals surface area (Å²) >= 11 is 0. The van der Waals surface area contributed by atoms with Crippen LogP contribution in [0, 0.1) is 13.8 Å². The van der Waals surface area contributed by atoms with Crippen LogP contribution in [0.25, 0.3) is 55.0 Å². The highest BCUT2D eigenvalue weighted by Crippen LogP contribution is 2.42. The molecule has 0 radical (unpaired) electrons. The highest BCUT2D eigenvalue weighted by Gasteiger charge is 2.56. The Kier molecular flexibility index (Phi) is 9.13. The maximum Gasteiger partial charge on any atom is 0.184 e. The molecule has 15 rings (SSSR count). The highest BCUT2D eigenvalue weighted by molar-refractivity contribution is 7.24. The molecule has 1 atom stereocenters. The van der Waals surface area contributed by atoms with Crippen LogP contribution in [0.3, 0.4) is 0 Å². The van der Waals surface area contributed by atoms with Crippen molar-refractivity contribution in [3.05, 3.63) is 272 Å². The molecule has 0 saturated carbocycles. The van der Waals surface area contributed by atoms with Gasteiger partial charge < -0.3 is 14.0 Å². The molecule has 0 N–H and O–H groups in total. The summed E-state index contributed by atoms with van der Waals surface area (Å²) in [6.45, 7) is 4.41. The molecule has 2 aliphatic heterocycles. The number of para-hydroxylation sites is 5. The van der Waals surface area contributed by atoms with Crippen molar-refractivity contribution >= 4 is 118 Å². The van der Waals surface area contributed by atoms with Gasteiger partial charge in [-0.05, 0) is 128 Å². The normalized spacial score (nSPS) is 15.4. The largest absolute Gasteiger partial charge is 0.311 e. The van der Waals surface area contributed by atoms with Gasteiger partial charge in [0.2, 0.25) is 0 Å². The second kappa shape index (κ2) is 15.9. The Bertz CT molecular complexity index is 4230. The van der Waals surface area contributed by atoms with Gasteiger partial charge in [-0.25, -0.2) is 0 Å². The second-order valence-corrected chi connectivity index (χ2v) is 27.6.